The van der Waals surface area contributed by atoms with Gasteiger partial charge in [0.15, 0.2) is 0 Å². The molecule has 0 aliphatic rings. The van der Waals surface area contributed by atoms with E-state index in [2.05, 4.69) is 19.1 Å². The quantitative estimate of drug-likeness (QED) is 0.734. The van der Waals surface area contributed by atoms with Crippen LogP contribution in [0.5, 0.6) is 11.5 Å². The van der Waals surface area contributed by atoms with E-state index in [0.717, 1.165) is 27.5 Å². The van der Waals surface area contributed by atoms with Crippen LogP contribution in [-0.4, -0.2) is 5.75 Å². The van der Waals surface area contributed by atoms with E-state index in [0.29, 0.717) is 11.3 Å². The maximum absolute atomic E-state index is 9.37. The Morgan fingerprint density at radius 3 is 2.45 bits per heavy atom. The summed E-state index contributed by atoms with van der Waals surface area (Å²) in [5.74, 6) is 2.33. The molecule has 0 aliphatic heterocycles. The van der Waals surface area contributed by atoms with Crippen LogP contribution in [0.15, 0.2) is 41.3 Å². The van der Waals surface area contributed by atoms with E-state index in [1.165, 1.54) is 0 Å². The second-order valence-corrected chi connectivity index (χ2v) is 5.91. The molecule has 2 aromatic rings. The first-order chi connectivity index (χ1) is 9.63. The lowest BCUT2D eigenvalue weighted by molar-refractivity contribution is 0.479. The van der Waals surface area contributed by atoms with Crippen LogP contribution in [0.25, 0.3) is 0 Å². The molecule has 0 spiro atoms. The summed E-state index contributed by atoms with van der Waals surface area (Å²) in [5.41, 5.74) is 2.91. The summed E-state index contributed by atoms with van der Waals surface area (Å²) in [6.45, 7) is 6.14. The molecule has 0 aromatic heterocycles. The minimum absolute atomic E-state index is 0.610. The Bertz CT molecular complexity index is 638. The zero-order chi connectivity index (χ0) is 14.5. The Hall–Kier alpha value is -1.92. The van der Waals surface area contributed by atoms with Crippen LogP contribution in [0.4, 0.5) is 0 Å². The fraction of sp³-hybridized carbons (Fsp3) is 0.235. The zero-order valence-corrected chi connectivity index (χ0v) is 12.8. The molecule has 0 saturated carbocycles. The summed E-state index contributed by atoms with van der Waals surface area (Å²) in [7, 11) is 0. The van der Waals surface area contributed by atoms with Crippen molar-refractivity contribution in [2.75, 3.05) is 5.75 Å². The molecule has 0 heterocycles. The predicted octanol–water partition coefficient (Wildman–Crippen LogP) is 5.08. The van der Waals surface area contributed by atoms with Gasteiger partial charge in [-0.25, -0.2) is 0 Å². The summed E-state index contributed by atoms with van der Waals surface area (Å²) in [6.07, 6.45) is 0. The summed E-state index contributed by atoms with van der Waals surface area (Å²) < 4.78 is 5.91. The van der Waals surface area contributed by atoms with Crippen LogP contribution in [0.1, 0.15) is 23.6 Å². The van der Waals surface area contributed by atoms with Crippen LogP contribution in [0.2, 0.25) is 0 Å². The van der Waals surface area contributed by atoms with Crippen molar-refractivity contribution >= 4 is 11.8 Å². The minimum Gasteiger partial charge on any atom is -0.456 e. The van der Waals surface area contributed by atoms with E-state index >= 15 is 0 Å². The fourth-order valence-electron chi connectivity index (χ4n) is 2.10. The van der Waals surface area contributed by atoms with Crippen molar-refractivity contribution in [2.24, 2.45) is 0 Å². The van der Waals surface area contributed by atoms with Crippen molar-refractivity contribution in [3.63, 3.8) is 0 Å². The normalized spacial score (nSPS) is 10.1. The molecule has 2 rings (SSSR count). The highest BCUT2D eigenvalue weighted by atomic mass is 32.2. The van der Waals surface area contributed by atoms with Gasteiger partial charge in [-0.05, 0) is 55.0 Å². The highest BCUT2D eigenvalue weighted by Crippen LogP contribution is 2.32. The first-order valence-corrected chi connectivity index (χ1v) is 7.54. The number of rotatable bonds is 4. The number of thioether (sulfide) groups is 1. The van der Waals surface area contributed by atoms with E-state index in [-0.39, 0.29) is 0 Å². The minimum atomic E-state index is 0.610. The molecule has 0 aliphatic carbocycles. The SMILES string of the molecule is CCSc1cccc(Oc2cc(C)cc(C)c2)c1C#N. The molecule has 0 fully saturated rings. The molecule has 0 radical (unpaired) electrons. The van der Waals surface area contributed by atoms with E-state index in [9.17, 15) is 5.26 Å². The molecule has 0 bridgehead atoms. The topological polar surface area (TPSA) is 33.0 Å². The Kier molecular flexibility index (Phi) is 4.70. The van der Waals surface area contributed by atoms with Crippen molar-refractivity contribution in [2.45, 2.75) is 25.7 Å². The summed E-state index contributed by atoms with van der Waals surface area (Å²) in [6, 6.07) is 14.0. The van der Waals surface area contributed by atoms with Gasteiger partial charge in [0.05, 0.1) is 0 Å². The van der Waals surface area contributed by atoms with Gasteiger partial charge in [-0.3, -0.25) is 0 Å². The third-order valence-electron chi connectivity index (χ3n) is 2.82. The molecule has 20 heavy (non-hydrogen) atoms. The molecule has 2 nitrogen and oxygen atoms in total. The third kappa shape index (κ3) is 3.34. The Labute approximate surface area is 124 Å². The van der Waals surface area contributed by atoms with Crippen LogP contribution in [-0.2, 0) is 0 Å². The summed E-state index contributed by atoms with van der Waals surface area (Å²) >= 11 is 1.66. The Morgan fingerprint density at radius 1 is 1.15 bits per heavy atom. The van der Waals surface area contributed by atoms with Gasteiger partial charge < -0.3 is 4.74 Å². The second kappa shape index (κ2) is 6.49. The van der Waals surface area contributed by atoms with Gasteiger partial charge in [0, 0.05) is 4.90 Å². The zero-order valence-electron chi connectivity index (χ0n) is 11.9. The molecule has 0 unspecified atom stereocenters. The van der Waals surface area contributed by atoms with Crippen molar-refractivity contribution in [3.05, 3.63) is 53.1 Å². The predicted molar refractivity (Wildman–Crippen MR) is 83.5 cm³/mol. The number of aryl methyl sites for hydroxylation is 2. The van der Waals surface area contributed by atoms with Crippen molar-refractivity contribution < 1.29 is 4.74 Å². The summed E-state index contributed by atoms with van der Waals surface area (Å²) in [5, 5.41) is 9.37. The van der Waals surface area contributed by atoms with Gasteiger partial charge in [-0.15, -0.1) is 11.8 Å². The van der Waals surface area contributed by atoms with Gasteiger partial charge in [-0.1, -0.05) is 19.1 Å². The van der Waals surface area contributed by atoms with Gasteiger partial charge in [0.1, 0.15) is 23.1 Å². The first-order valence-electron chi connectivity index (χ1n) is 6.56. The number of hydrogen-bond donors (Lipinski definition) is 0. The van der Waals surface area contributed by atoms with E-state index < -0.39 is 0 Å². The highest BCUT2D eigenvalue weighted by molar-refractivity contribution is 7.99. The number of nitriles is 1. The number of nitrogens with zero attached hydrogens (tertiary/aromatic N) is 1. The highest BCUT2D eigenvalue weighted by Gasteiger charge is 2.10. The summed E-state index contributed by atoms with van der Waals surface area (Å²) in [4.78, 5) is 0.969. The number of benzene rings is 2. The Balaban J connectivity index is 2.38. The molecule has 0 N–H and O–H groups in total. The average Bonchev–Trinajstić information content (AvgIpc) is 2.38. The van der Waals surface area contributed by atoms with Crippen molar-refractivity contribution in [1.29, 1.82) is 5.26 Å². The maximum atomic E-state index is 9.37. The smallest absolute Gasteiger partial charge is 0.146 e. The third-order valence-corrected chi connectivity index (χ3v) is 3.76. The molecular weight excluding hydrogens is 266 g/mol. The van der Waals surface area contributed by atoms with E-state index in [4.69, 9.17) is 4.74 Å². The lowest BCUT2D eigenvalue weighted by atomic mass is 10.1. The lowest BCUT2D eigenvalue weighted by Gasteiger charge is -2.11. The number of hydrogen-bond acceptors (Lipinski definition) is 3. The average molecular weight is 283 g/mol. The Morgan fingerprint density at radius 2 is 1.85 bits per heavy atom. The molecule has 0 amide bonds. The lowest BCUT2D eigenvalue weighted by Crippen LogP contribution is -1.92. The molecule has 0 atom stereocenters. The van der Waals surface area contributed by atoms with Gasteiger partial charge >= 0.3 is 0 Å². The second-order valence-electron chi connectivity index (χ2n) is 4.60. The molecule has 2 aromatic carbocycles. The molecule has 0 saturated heterocycles. The molecular formula is C17H17NOS. The standard InChI is InChI=1S/C17H17NOS/c1-4-20-17-7-5-6-16(15(17)11-18)19-14-9-12(2)8-13(3)10-14/h5-10H,4H2,1-3H3. The van der Waals surface area contributed by atoms with Crippen molar-refractivity contribution in [1.82, 2.24) is 0 Å². The van der Waals surface area contributed by atoms with Gasteiger partial charge in [0.2, 0.25) is 0 Å². The molecule has 3 heteroatoms. The largest absolute Gasteiger partial charge is 0.456 e. The van der Waals surface area contributed by atoms with Crippen LogP contribution in [0, 0.1) is 25.2 Å². The fourth-order valence-corrected chi connectivity index (χ4v) is 2.88. The van der Waals surface area contributed by atoms with Gasteiger partial charge in [-0.2, -0.15) is 5.26 Å². The maximum Gasteiger partial charge on any atom is 0.146 e. The van der Waals surface area contributed by atoms with Crippen LogP contribution < -0.4 is 4.74 Å². The van der Waals surface area contributed by atoms with E-state index in [1.54, 1.807) is 11.8 Å². The van der Waals surface area contributed by atoms with Crippen molar-refractivity contribution in [3.8, 4) is 17.6 Å². The van der Waals surface area contributed by atoms with E-state index in [1.807, 2.05) is 44.2 Å². The van der Waals surface area contributed by atoms with Gasteiger partial charge in [0.25, 0.3) is 0 Å². The van der Waals surface area contributed by atoms with Crippen LogP contribution >= 0.6 is 11.8 Å². The first kappa shape index (κ1) is 14.5. The van der Waals surface area contributed by atoms with Crippen LogP contribution in [0.3, 0.4) is 0 Å². The number of ether oxygens (including phenoxy) is 1. The molecule has 102 valence electrons. The monoisotopic (exact) mass is 283 g/mol.